The van der Waals surface area contributed by atoms with Gasteiger partial charge in [0.15, 0.2) is 0 Å². The van der Waals surface area contributed by atoms with Crippen LogP contribution in [0.1, 0.15) is 37.0 Å². The van der Waals surface area contributed by atoms with Crippen molar-refractivity contribution >= 4 is 28.3 Å². The molecule has 1 amide bonds. The van der Waals surface area contributed by atoms with Crippen LogP contribution in [0.15, 0.2) is 29.2 Å². The van der Waals surface area contributed by atoms with Gasteiger partial charge in [-0.15, -0.1) is 12.4 Å². The topological polar surface area (TPSA) is 69.7 Å². The number of hydrogen-bond donors (Lipinski definition) is 1. The molecule has 142 valence electrons. The summed E-state index contributed by atoms with van der Waals surface area (Å²) < 4.78 is 26.5. The van der Waals surface area contributed by atoms with E-state index in [0.717, 1.165) is 12.8 Å². The highest BCUT2D eigenvalue weighted by atomic mass is 35.5. The second-order valence-electron chi connectivity index (χ2n) is 6.52. The molecule has 1 unspecified atom stereocenters. The summed E-state index contributed by atoms with van der Waals surface area (Å²) in [5.41, 5.74) is 0.421. The Bertz CT molecular complexity index is 694. The van der Waals surface area contributed by atoms with Crippen molar-refractivity contribution in [3.05, 3.63) is 29.8 Å². The first-order valence-electron chi connectivity index (χ1n) is 8.32. The average molecular weight is 390 g/mol. The van der Waals surface area contributed by atoms with Gasteiger partial charge in [0, 0.05) is 37.8 Å². The van der Waals surface area contributed by atoms with E-state index in [1.54, 1.807) is 24.1 Å². The second-order valence-corrected chi connectivity index (χ2v) is 8.52. The highest BCUT2D eigenvalue weighted by Crippen LogP contribution is 2.20. The lowest BCUT2D eigenvalue weighted by Crippen LogP contribution is -2.47. The fourth-order valence-corrected chi connectivity index (χ4v) is 4.23. The van der Waals surface area contributed by atoms with Crippen LogP contribution >= 0.6 is 12.4 Å². The van der Waals surface area contributed by atoms with Crippen LogP contribution in [0.25, 0.3) is 0 Å². The summed E-state index contributed by atoms with van der Waals surface area (Å²) in [7, 11) is -0.142. The summed E-state index contributed by atoms with van der Waals surface area (Å²) in [6, 6.07) is 6.49. The van der Waals surface area contributed by atoms with Gasteiger partial charge in [-0.25, -0.2) is 8.42 Å². The Morgan fingerprint density at radius 3 is 2.64 bits per heavy atom. The smallest absolute Gasteiger partial charge is 0.253 e. The van der Waals surface area contributed by atoms with E-state index in [1.165, 1.54) is 16.4 Å². The van der Waals surface area contributed by atoms with Crippen LogP contribution in [0.4, 0.5) is 0 Å². The van der Waals surface area contributed by atoms with Gasteiger partial charge in [-0.3, -0.25) is 4.79 Å². The molecule has 6 nitrogen and oxygen atoms in total. The second kappa shape index (κ2) is 8.98. The van der Waals surface area contributed by atoms with Crippen molar-refractivity contribution in [2.24, 2.45) is 0 Å². The Morgan fingerprint density at radius 1 is 1.36 bits per heavy atom. The fraction of sp³-hybridized carbons (Fsp3) is 0.588. The molecule has 0 saturated carbocycles. The van der Waals surface area contributed by atoms with Crippen molar-refractivity contribution in [2.75, 3.05) is 27.2 Å². The third kappa shape index (κ3) is 4.94. The zero-order valence-corrected chi connectivity index (χ0v) is 16.9. The quantitative estimate of drug-likeness (QED) is 0.835. The van der Waals surface area contributed by atoms with E-state index >= 15 is 0 Å². The molecule has 8 heteroatoms. The Labute approximate surface area is 157 Å². The highest BCUT2D eigenvalue weighted by molar-refractivity contribution is 7.89. The predicted octanol–water partition coefficient (Wildman–Crippen LogP) is 1.96. The van der Waals surface area contributed by atoms with Crippen LogP contribution in [0, 0.1) is 0 Å². The predicted molar refractivity (Wildman–Crippen MR) is 102 cm³/mol. The van der Waals surface area contributed by atoms with E-state index in [0.29, 0.717) is 24.7 Å². The Balaban J connectivity index is 0.00000312. The van der Waals surface area contributed by atoms with Crippen molar-refractivity contribution in [3.63, 3.8) is 0 Å². The molecule has 2 rings (SSSR count). The van der Waals surface area contributed by atoms with E-state index in [2.05, 4.69) is 5.32 Å². The van der Waals surface area contributed by atoms with Gasteiger partial charge in [0.25, 0.3) is 5.91 Å². The van der Waals surface area contributed by atoms with Crippen LogP contribution < -0.4 is 5.32 Å². The number of likely N-dealkylation sites (tertiary alicyclic amines) is 1. The number of rotatable bonds is 5. The number of likely N-dealkylation sites (N-methyl/N-ethyl adjacent to an activating group) is 1. The molecule has 0 aliphatic carbocycles. The third-order valence-electron chi connectivity index (χ3n) is 4.60. The summed E-state index contributed by atoms with van der Waals surface area (Å²) in [6.07, 6.45) is 2.00. The first-order valence-corrected chi connectivity index (χ1v) is 9.76. The molecular formula is C17H28ClN3O3S. The van der Waals surface area contributed by atoms with Gasteiger partial charge in [-0.05, 0) is 51.9 Å². The van der Waals surface area contributed by atoms with Crippen molar-refractivity contribution < 1.29 is 13.2 Å². The summed E-state index contributed by atoms with van der Waals surface area (Å²) >= 11 is 0. The van der Waals surface area contributed by atoms with Gasteiger partial charge >= 0.3 is 0 Å². The number of benzene rings is 1. The SMILES string of the molecule is CNC1CCCN(C(=O)c2cccc(S(=O)(=O)N(C)C(C)C)c2)C1.Cl. The van der Waals surface area contributed by atoms with E-state index in [4.69, 9.17) is 0 Å². The summed E-state index contributed by atoms with van der Waals surface area (Å²) in [6.45, 7) is 4.99. The van der Waals surface area contributed by atoms with E-state index in [-0.39, 0.29) is 29.3 Å². The third-order valence-corrected chi connectivity index (χ3v) is 6.63. The van der Waals surface area contributed by atoms with Crippen LogP contribution in [0.2, 0.25) is 0 Å². The number of amides is 1. The molecule has 0 spiro atoms. The lowest BCUT2D eigenvalue weighted by atomic mass is 10.0. The molecule has 0 bridgehead atoms. The van der Waals surface area contributed by atoms with Crippen LogP contribution in [-0.4, -0.2) is 62.8 Å². The number of carbonyl (C=O) groups excluding carboxylic acids is 1. The number of sulfonamides is 1. The van der Waals surface area contributed by atoms with Gasteiger partial charge in [-0.1, -0.05) is 6.07 Å². The molecular weight excluding hydrogens is 362 g/mol. The summed E-state index contributed by atoms with van der Waals surface area (Å²) in [4.78, 5) is 14.7. The number of piperidine rings is 1. The average Bonchev–Trinajstić information content (AvgIpc) is 2.60. The maximum Gasteiger partial charge on any atom is 0.253 e. The van der Waals surface area contributed by atoms with Crippen molar-refractivity contribution in [1.82, 2.24) is 14.5 Å². The lowest BCUT2D eigenvalue weighted by Gasteiger charge is -2.32. The Morgan fingerprint density at radius 2 is 2.04 bits per heavy atom. The number of halogens is 1. The van der Waals surface area contributed by atoms with Crippen LogP contribution in [0.3, 0.4) is 0 Å². The van der Waals surface area contributed by atoms with Gasteiger partial charge < -0.3 is 10.2 Å². The minimum Gasteiger partial charge on any atom is -0.337 e. The molecule has 1 aliphatic rings. The first-order chi connectivity index (χ1) is 11.3. The maximum absolute atomic E-state index is 12.7. The van der Waals surface area contributed by atoms with Crippen molar-refractivity contribution in [1.29, 1.82) is 0 Å². The maximum atomic E-state index is 12.7. The van der Waals surface area contributed by atoms with E-state index in [9.17, 15) is 13.2 Å². The van der Waals surface area contributed by atoms with Gasteiger partial charge in [0.05, 0.1) is 4.90 Å². The molecule has 1 saturated heterocycles. The normalized spacial score (nSPS) is 18.3. The fourth-order valence-electron chi connectivity index (χ4n) is 2.81. The Kier molecular flexibility index (Phi) is 7.87. The lowest BCUT2D eigenvalue weighted by molar-refractivity contribution is 0.0698. The monoisotopic (exact) mass is 389 g/mol. The van der Waals surface area contributed by atoms with Gasteiger partial charge in [-0.2, -0.15) is 4.31 Å². The highest BCUT2D eigenvalue weighted by Gasteiger charge is 2.26. The zero-order valence-electron chi connectivity index (χ0n) is 15.2. The van der Waals surface area contributed by atoms with Gasteiger partial charge in [0.1, 0.15) is 0 Å². The molecule has 0 radical (unpaired) electrons. The number of nitrogens with zero attached hydrogens (tertiary/aromatic N) is 2. The summed E-state index contributed by atoms with van der Waals surface area (Å²) in [5, 5.41) is 3.21. The molecule has 1 aromatic carbocycles. The van der Waals surface area contributed by atoms with Crippen molar-refractivity contribution in [2.45, 2.75) is 43.7 Å². The number of nitrogens with one attached hydrogen (secondary N) is 1. The molecule has 1 fully saturated rings. The van der Waals surface area contributed by atoms with Crippen molar-refractivity contribution in [3.8, 4) is 0 Å². The molecule has 0 aromatic heterocycles. The standard InChI is InChI=1S/C17H27N3O3S.ClH/c1-13(2)19(4)24(22,23)16-9-5-7-14(11-16)17(21)20-10-6-8-15(12-20)18-3;/h5,7,9,11,13,15,18H,6,8,10,12H2,1-4H3;1H. The largest absolute Gasteiger partial charge is 0.337 e. The Hall–Kier alpha value is -1.15. The minimum absolute atomic E-state index is 0. The zero-order chi connectivity index (χ0) is 17.9. The molecule has 1 atom stereocenters. The van der Waals surface area contributed by atoms with Crippen LogP contribution in [0.5, 0.6) is 0 Å². The molecule has 1 aromatic rings. The molecule has 1 N–H and O–H groups in total. The molecule has 25 heavy (non-hydrogen) atoms. The molecule has 1 heterocycles. The minimum atomic E-state index is -3.59. The molecule has 1 aliphatic heterocycles. The van der Waals surface area contributed by atoms with E-state index in [1.807, 2.05) is 20.9 Å². The van der Waals surface area contributed by atoms with E-state index < -0.39 is 10.0 Å². The first kappa shape index (κ1) is 21.9. The summed E-state index contributed by atoms with van der Waals surface area (Å²) in [5.74, 6) is -0.112. The number of carbonyl (C=O) groups is 1. The number of hydrogen-bond acceptors (Lipinski definition) is 4. The van der Waals surface area contributed by atoms with Gasteiger partial charge in [0.2, 0.25) is 10.0 Å². The van der Waals surface area contributed by atoms with Crippen LogP contribution in [-0.2, 0) is 10.0 Å².